The molecule has 0 aliphatic rings. The minimum Gasteiger partial charge on any atom is -0.383 e. The number of nitrogens with one attached hydrogen (secondary N) is 1. The molecule has 0 spiro atoms. The van der Waals surface area contributed by atoms with Crippen molar-refractivity contribution < 1.29 is 9.26 Å². The zero-order valence-corrected chi connectivity index (χ0v) is 11.4. The van der Waals surface area contributed by atoms with Gasteiger partial charge in [0.1, 0.15) is 0 Å². The summed E-state index contributed by atoms with van der Waals surface area (Å²) in [5, 5.41) is 9.25. The lowest BCUT2D eigenvalue weighted by atomic mass is 10.3. The molecule has 98 valence electrons. The van der Waals surface area contributed by atoms with Crippen LogP contribution in [0.2, 0.25) is 0 Å². The molecule has 0 aliphatic heterocycles. The molecule has 0 aliphatic carbocycles. The SMILES string of the molecule is COC[C@H](C)NCc1noc(Cc2cccs2)n1. The second-order valence-electron chi connectivity index (χ2n) is 4.10. The van der Waals surface area contributed by atoms with Gasteiger partial charge in [0, 0.05) is 18.0 Å². The normalized spacial score (nSPS) is 12.8. The first-order valence-electron chi connectivity index (χ1n) is 5.84. The van der Waals surface area contributed by atoms with E-state index in [1.165, 1.54) is 4.88 Å². The van der Waals surface area contributed by atoms with E-state index in [2.05, 4.69) is 28.4 Å². The molecular formula is C12H17N3O2S. The number of ether oxygens (including phenoxy) is 1. The molecule has 2 aromatic heterocycles. The van der Waals surface area contributed by atoms with Crippen molar-refractivity contribution in [3.63, 3.8) is 0 Å². The van der Waals surface area contributed by atoms with Crippen LogP contribution in [0, 0.1) is 0 Å². The van der Waals surface area contributed by atoms with Gasteiger partial charge in [-0.2, -0.15) is 4.98 Å². The summed E-state index contributed by atoms with van der Waals surface area (Å²) in [5.74, 6) is 1.35. The van der Waals surface area contributed by atoms with Crippen LogP contribution in [-0.4, -0.2) is 29.9 Å². The van der Waals surface area contributed by atoms with Crippen molar-refractivity contribution in [3.05, 3.63) is 34.1 Å². The third-order valence-corrected chi connectivity index (χ3v) is 3.32. The number of rotatable bonds is 7. The molecule has 2 heterocycles. The summed E-state index contributed by atoms with van der Waals surface area (Å²) in [4.78, 5) is 5.57. The number of methoxy groups -OCH3 is 1. The zero-order valence-electron chi connectivity index (χ0n) is 10.5. The molecule has 0 bridgehead atoms. The molecule has 0 unspecified atom stereocenters. The van der Waals surface area contributed by atoms with Gasteiger partial charge in [0.2, 0.25) is 5.89 Å². The minimum atomic E-state index is 0.272. The van der Waals surface area contributed by atoms with Crippen LogP contribution in [0.4, 0.5) is 0 Å². The third kappa shape index (κ3) is 3.90. The van der Waals surface area contributed by atoms with Crippen molar-refractivity contribution in [2.24, 2.45) is 0 Å². The second-order valence-corrected chi connectivity index (χ2v) is 5.13. The molecule has 18 heavy (non-hydrogen) atoms. The summed E-state index contributed by atoms with van der Waals surface area (Å²) in [5.41, 5.74) is 0. The molecule has 1 atom stereocenters. The Morgan fingerprint density at radius 1 is 1.56 bits per heavy atom. The highest BCUT2D eigenvalue weighted by molar-refractivity contribution is 7.09. The van der Waals surface area contributed by atoms with Crippen molar-refractivity contribution in [1.29, 1.82) is 0 Å². The Morgan fingerprint density at radius 2 is 2.44 bits per heavy atom. The van der Waals surface area contributed by atoms with Crippen LogP contribution >= 0.6 is 11.3 Å². The van der Waals surface area contributed by atoms with E-state index in [0.717, 1.165) is 0 Å². The largest absolute Gasteiger partial charge is 0.383 e. The summed E-state index contributed by atoms with van der Waals surface area (Å²) >= 11 is 1.69. The van der Waals surface area contributed by atoms with Gasteiger partial charge in [0.05, 0.1) is 19.6 Å². The summed E-state index contributed by atoms with van der Waals surface area (Å²) < 4.78 is 10.2. The minimum absolute atomic E-state index is 0.272. The van der Waals surface area contributed by atoms with Crippen LogP contribution < -0.4 is 5.32 Å². The molecule has 5 nitrogen and oxygen atoms in total. The van der Waals surface area contributed by atoms with Crippen molar-refractivity contribution in [1.82, 2.24) is 15.5 Å². The Balaban J connectivity index is 1.82. The van der Waals surface area contributed by atoms with E-state index >= 15 is 0 Å². The fourth-order valence-electron chi connectivity index (χ4n) is 1.57. The van der Waals surface area contributed by atoms with Crippen LogP contribution in [-0.2, 0) is 17.7 Å². The van der Waals surface area contributed by atoms with Gasteiger partial charge >= 0.3 is 0 Å². The van der Waals surface area contributed by atoms with E-state index in [4.69, 9.17) is 9.26 Å². The van der Waals surface area contributed by atoms with Crippen molar-refractivity contribution in [3.8, 4) is 0 Å². The van der Waals surface area contributed by atoms with E-state index in [9.17, 15) is 0 Å². The highest BCUT2D eigenvalue weighted by Crippen LogP contribution is 2.13. The van der Waals surface area contributed by atoms with Gasteiger partial charge in [-0.25, -0.2) is 0 Å². The van der Waals surface area contributed by atoms with Gasteiger partial charge in [-0.15, -0.1) is 11.3 Å². The summed E-state index contributed by atoms with van der Waals surface area (Å²) in [7, 11) is 1.69. The first-order valence-corrected chi connectivity index (χ1v) is 6.72. The Bertz CT molecular complexity index is 456. The van der Waals surface area contributed by atoms with Gasteiger partial charge in [0.15, 0.2) is 5.82 Å². The van der Waals surface area contributed by atoms with E-state index in [0.29, 0.717) is 31.3 Å². The van der Waals surface area contributed by atoms with E-state index in [1.54, 1.807) is 18.4 Å². The van der Waals surface area contributed by atoms with Gasteiger partial charge < -0.3 is 14.6 Å². The van der Waals surface area contributed by atoms with E-state index < -0.39 is 0 Å². The molecule has 0 amide bonds. The molecule has 0 saturated carbocycles. The fourth-order valence-corrected chi connectivity index (χ4v) is 2.27. The second kappa shape index (κ2) is 6.63. The number of thiophene rings is 1. The molecule has 0 fully saturated rings. The monoisotopic (exact) mass is 267 g/mol. The Kier molecular flexibility index (Phi) is 4.86. The maximum Gasteiger partial charge on any atom is 0.231 e. The van der Waals surface area contributed by atoms with Gasteiger partial charge in [-0.05, 0) is 18.4 Å². The van der Waals surface area contributed by atoms with Gasteiger partial charge in [-0.3, -0.25) is 0 Å². The van der Waals surface area contributed by atoms with Gasteiger partial charge in [-0.1, -0.05) is 11.2 Å². The standard InChI is InChI=1S/C12H17N3O2S/c1-9(8-16-2)13-7-11-14-12(17-15-11)6-10-4-3-5-18-10/h3-5,9,13H,6-8H2,1-2H3/t9-/m0/s1. The number of hydrogen-bond donors (Lipinski definition) is 1. The smallest absolute Gasteiger partial charge is 0.231 e. The molecule has 2 aromatic rings. The van der Waals surface area contributed by atoms with Crippen molar-refractivity contribution in [2.75, 3.05) is 13.7 Å². The van der Waals surface area contributed by atoms with Crippen molar-refractivity contribution >= 4 is 11.3 Å². The van der Waals surface area contributed by atoms with Crippen LogP contribution in [0.3, 0.4) is 0 Å². The molecule has 0 radical (unpaired) electrons. The summed E-state index contributed by atoms with van der Waals surface area (Å²) in [6.07, 6.45) is 0.707. The Hall–Kier alpha value is -1.24. The topological polar surface area (TPSA) is 60.2 Å². The summed E-state index contributed by atoms with van der Waals surface area (Å²) in [6.45, 7) is 3.31. The molecule has 0 aromatic carbocycles. The maximum atomic E-state index is 5.20. The van der Waals surface area contributed by atoms with Crippen LogP contribution in [0.5, 0.6) is 0 Å². The first kappa shape index (κ1) is 13.2. The summed E-state index contributed by atoms with van der Waals surface area (Å²) in [6, 6.07) is 4.35. The fraction of sp³-hybridized carbons (Fsp3) is 0.500. The lowest BCUT2D eigenvalue weighted by molar-refractivity contribution is 0.171. The van der Waals surface area contributed by atoms with Crippen LogP contribution in [0.25, 0.3) is 0 Å². The number of aromatic nitrogens is 2. The molecule has 0 saturated heterocycles. The lowest BCUT2D eigenvalue weighted by Crippen LogP contribution is -2.29. The Morgan fingerprint density at radius 3 is 3.17 bits per heavy atom. The van der Waals surface area contributed by atoms with Crippen molar-refractivity contribution in [2.45, 2.75) is 25.9 Å². The maximum absolute atomic E-state index is 5.20. The predicted octanol–water partition coefficient (Wildman–Crippen LogP) is 1.85. The first-order chi connectivity index (χ1) is 8.78. The quantitative estimate of drug-likeness (QED) is 0.829. The van der Waals surface area contributed by atoms with E-state index in [-0.39, 0.29) is 6.04 Å². The third-order valence-electron chi connectivity index (χ3n) is 2.44. The number of hydrogen-bond acceptors (Lipinski definition) is 6. The highest BCUT2D eigenvalue weighted by atomic mass is 32.1. The van der Waals surface area contributed by atoms with E-state index in [1.807, 2.05) is 11.4 Å². The molecular weight excluding hydrogens is 250 g/mol. The Labute approximate surface area is 110 Å². The van der Waals surface area contributed by atoms with Crippen LogP contribution in [0.1, 0.15) is 23.5 Å². The molecule has 1 N–H and O–H groups in total. The highest BCUT2D eigenvalue weighted by Gasteiger charge is 2.08. The average Bonchev–Trinajstić information content (AvgIpc) is 2.99. The molecule has 2 rings (SSSR count). The molecule has 6 heteroatoms. The predicted molar refractivity (Wildman–Crippen MR) is 69.6 cm³/mol. The zero-order chi connectivity index (χ0) is 12.8. The average molecular weight is 267 g/mol. The van der Waals surface area contributed by atoms with Gasteiger partial charge in [0.25, 0.3) is 0 Å². The lowest BCUT2D eigenvalue weighted by Gasteiger charge is -2.09. The number of nitrogens with zero attached hydrogens (tertiary/aromatic N) is 2. The van der Waals surface area contributed by atoms with Crippen LogP contribution in [0.15, 0.2) is 22.0 Å².